The Kier molecular flexibility index (Phi) is 5.57. The third-order valence-corrected chi connectivity index (χ3v) is 3.67. The van der Waals surface area contributed by atoms with Gasteiger partial charge in [0, 0.05) is 24.2 Å². The van der Waals surface area contributed by atoms with Crippen LogP contribution in [0.1, 0.15) is 5.56 Å². The van der Waals surface area contributed by atoms with Crippen LogP contribution in [0.4, 0.5) is 10.1 Å². The van der Waals surface area contributed by atoms with E-state index in [2.05, 4.69) is 10.3 Å². The zero-order chi connectivity index (χ0) is 15.1. The highest BCUT2D eigenvalue weighted by Crippen LogP contribution is 2.25. The number of anilines is 1. The molecule has 0 spiro atoms. The fraction of sp³-hybridized carbons (Fsp3) is 0.200. The van der Waals surface area contributed by atoms with Gasteiger partial charge in [-0.05, 0) is 23.8 Å². The van der Waals surface area contributed by atoms with Crippen molar-refractivity contribution in [2.75, 3.05) is 18.2 Å². The van der Waals surface area contributed by atoms with Gasteiger partial charge in [-0.1, -0.05) is 6.07 Å². The second kappa shape index (κ2) is 7.64. The van der Waals surface area contributed by atoms with E-state index in [9.17, 15) is 9.18 Å². The van der Waals surface area contributed by atoms with E-state index in [1.165, 1.54) is 37.1 Å². The third kappa shape index (κ3) is 4.75. The molecule has 1 amide bonds. The zero-order valence-electron chi connectivity index (χ0n) is 11.5. The van der Waals surface area contributed by atoms with E-state index in [1.54, 1.807) is 12.4 Å². The fourth-order valence-electron chi connectivity index (χ4n) is 1.70. The Hall–Kier alpha value is -2.08. The topological polar surface area (TPSA) is 51.2 Å². The maximum Gasteiger partial charge on any atom is 0.234 e. The summed E-state index contributed by atoms with van der Waals surface area (Å²) in [7, 11) is 1.43. The molecular weight excluding hydrogens is 291 g/mol. The van der Waals surface area contributed by atoms with Crippen LogP contribution in [0, 0.1) is 5.82 Å². The molecule has 2 aromatic rings. The molecule has 0 saturated carbocycles. The van der Waals surface area contributed by atoms with E-state index in [1.807, 2.05) is 12.1 Å². The predicted molar refractivity (Wildman–Crippen MR) is 82.0 cm³/mol. The van der Waals surface area contributed by atoms with Gasteiger partial charge in [0.15, 0.2) is 0 Å². The lowest BCUT2D eigenvalue weighted by Gasteiger charge is -2.10. The van der Waals surface area contributed by atoms with E-state index in [-0.39, 0.29) is 5.91 Å². The number of carbonyl (C=O) groups excluding carboxylic acids is 1. The van der Waals surface area contributed by atoms with Gasteiger partial charge in [0.1, 0.15) is 11.6 Å². The summed E-state index contributed by atoms with van der Waals surface area (Å²) >= 11 is 1.48. The van der Waals surface area contributed by atoms with Crippen molar-refractivity contribution in [2.24, 2.45) is 0 Å². The van der Waals surface area contributed by atoms with Crippen molar-refractivity contribution >= 4 is 23.4 Å². The molecule has 1 heterocycles. The lowest BCUT2D eigenvalue weighted by Crippen LogP contribution is -2.15. The van der Waals surface area contributed by atoms with Gasteiger partial charge < -0.3 is 10.1 Å². The number of aromatic nitrogens is 1. The summed E-state index contributed by atoms with van der Waals surface area (Å²) in [6.07, 6.45) is 3.48. The number of benzene rings is 1. The smallest absolute Gasteiger partial charge is 0.234 e. The number of ether oxygens (including phenoxy) is 1. The van der Waals surface area contributed by atoms with E-state index < -0.39 is 5.82 Å². The number of halogens is 1. The molecule has 6 heteroatoms. The largest absolute Gasteiger partial charge is 0.494 e. The third-order valence-electron chi connectivity index (χ3n) is 2.66. The molecule has 1 N–H and O–H groups in total. The SMILES string of the molecule is COc1cc(F)ccc1NC(=O)CSCc1cccnc1. The molecule has 1 aromatic heterocycles. The van der Waals surface area contributed by atoms with Crippen molar-refractivity contribution in [3.05, 3.63) is 54.1 Å². The number of hydrogen-bond donors (Lipinski definition) is 1. The number of thioether (sulfide) groups is 1. The molecule has 0 fully saturated rings. The zero-order valence-corrected chi connectivity index (χ0v) is 12.3. The van der Waals surface area contributed by atoms with Crippen molar-refractivity contribution in [2.45, 2.75) is 5.75 Å². The van der Waals surface area contributed by atoms with Crippen molar-refractivity contribution in [1.29, 1.82) is 0 Å². The first-order valence-electron chi connectivity index (χ1n) is 6.29. The molecule has 0 bridgehead atoms. The van der Waals surface area contributed by atoms with Gasteiger partial charge in [-0.15, -0.1) is 11.8 Å². The number of hydrogen-bond acceptors (Lipinski definition) is 4. The van der Waals surface area contributed by atoms with Crippen LogP contribution in [-0.4, -0.2) is 23.8 Å². The maximum atomic E-state index is 13.1. The number of pyridine rings is 1. The first-order valence-corrected chi connectivity index (χ1v) is 7.44. The molecule has 0 saturated heterocycles. The molecule has 0 radical (unpaired) electrons. The molecule has 0 aliphatic heterocycles. The molecule has 0 unspecified atom stereocenters. The van der Waals surface area contributed by atoms with E-state index in [0.29, 0.717) is 22.9 Å². The van der Waals surface area contributed by atoms with Crippen LogP contribution in [0.3, 0.4) is 0 Å². The molecular formula is C15H15FN2O2S. The number of carbonyl (C=O) groups is 1. The average molecular weight is 306 g/mol. The summed E-state index contributed by atoms with van der Waals surface area (Å²) in [5.41, 5.74) is 1.53. The maximum absolute atomic E-state index is 13.1. The predicted octanol–water partition coefficient (Wildman–Crippen LogP) is 3.10. The Balaban J connectivity index is 1.85. The van der Waals surface area contributed by atoms with Gasteiger partial charge in [-0.2, -0.15) is 0 Å². The Morgan fingerprint density at radius 3 is 3.00 bits per heavy atom. The number of nitrogens with one attached hydrogen (secondary N) is 1. The lowest BCUT2D eigenvalue weighted by molar-refractivity contribution is -0.113. The number of amides is 1. The summed E-state index contributed by atoms with van der Waals surface area (Å²) in [5, 5.41) is 2.71. The molecule has 1 aromatic carbocycles. The second-order valence-corrected chi connectivity index (χ2v) is 5.23. The minimum Gasteiger partial charge on any atom is -0.494 e. The normalized spacial score (nSPS) is 10.2. The quantitative estimate of drug-likeness (QED) is 0.891. The van der Waals surface area contributed by atoms with Gasteiger partial charge >= 0.3 is 0 Å². The van der Waals surface area contributed by atoms with Gasteiger partial charge in [0.05, 0.1) is 18.6 Å². The number of nitrogens with zero attached hydrogens (tertiary/aromatic N) is 1. The highest BCUT2D eigenvalue weighted by Gasteiger charge is 2.08. The molecule has 21 heavy (non-hydrogen) atoms. The van der Waals surface area contributed by atoms with Gasteiger partial charge in [0.2, 0.25) is 5.91 Å². The average Bonchev–Trinajstić information content (AvgIpc) is 2.50. The van der Waals surface area contributed by atoms with Crippen molar-refractivity contribution < 1.29 is 13.9 Å². The van der Waals surface area contributed by atoms with Crippen LogP contribution in [0.25, 0.3) is 0 Å². The van der Waals surface area contributed by atoms with E-state index >= 15 is 0 Å². The molecule has 0 aliphatic rings. The van der Waals surface area contributed by atoms with Crippen LogP contribution in [0.15, 0.2) is 42.7 Å². The van der Waals surface area contributed by atoms with Crippen LogP contribution < -0.4 is 10.1 Å². The highest BCUT2D eigenvalue weighted by molar-refractivity contribution is 7.99. The highest BCUT2D eigenvalue weighted by atomic mass is 32.2. The number of rotatable bonds is 6. The Labute approximate surface area is 126 Å². The van der Waals surface area contributed by atoms with Crippen molar-refractivity contribution in [3.8, 4) is 5.75 Å². The van der Waals surface area contributed by atoms with Crippen LogP contribution >= 0.6 is 11.8 Å². The number of methoxy groups -OCH3 is 1. The first-order chi connectivity index (χ1) is 10.2. The molecule has 0 atom stereocenters. The second-order valence-electron chi connectivity index (χ2n) is 4.25. The summed E-state index contributed by atoms with van der Waals surface area (Å²) in [6, 6.07) is 7.82. The Morgan fingerprint density at radius 1 is 1.43 bits per heavy atom. The van der Waals surface area contributed by atoms with Gasteiger partial charge in [-0.25, -0.2) is 4.39 Å². The summed E-state index contributed by atoms with van der Waals surface area (Å²) in [6.45, 7) is 0. The summed E-state index contributed by atoms with van der Waals surface area (Å²) in [4.78, 5) is 15.9. The van der Waals surface area contributed by atoms with Gasteiger partial charge in [0.25, 0.3) is 0 Å². The van der Waals surface area contributed by atoms with Crippen LogP contribution in [0.2, 0.25) is 0 Å². The van der Waals surface area contributed by atoms with Crippen molar-refractivity contribution in [3.63, 3.8) is 0 Å². The van der Waals surface area contributed by atoms with Crippen molar-refractivity contribution in [1.82, 2.24) is 4.98 Å². The lowest BCUT2D eigenvalue weighted by atomic mass is 10.3. The Bertz CT molecular complexity index is 608. The minimum atomic E-state index is -0.407. The van der Waals surface area contributed by atoms with Crippen LogP contribution in [-0.2, 0) is 10.5 Å². The van der Waals surface area contributed by atoms with Crippen LogP contribution in [0.5, 0.6) is 5.75 Å². The van der Waals surface area contributed by atoms with E-state index in [0.717, 1.165) is 5.56 Å². The molecule has 4 nitrogen and oxygen atoms in total. The standard InChI is InChI=1S/C15H15FN2O2S/c1-20-14-7-12(16)4-5-13(14)18-15(19)10-21-9-11-3-2-6-17-8-11/h2-8H,9-10H2,1H3,(H,18,19). The molecule has 2 rings (SSSR count). The Morgan fingerprint density at radius 2 is 2.29 bits per heavy atom. The summed E-state index contributed by atoms with van der Waals surface area (Å²) in [5.74, 6) is 0.752. The minimum absolute atomic E-state index is 0.159. The molecule has 110 valence electrons. The fourth-order valence-corrected chi connectivity index (χ4v) is 2.47. The summed E-state index contributed by atoms with van der Waals surface area (Å²) < 4.78 is 18.1. The molecule has 0 aliphatic carbocycles. The van der Waals surface area contributed by atoms with Gasteiger partial charge in [-0.3, -0.25) is 9.78 Å². The monoisotopic (exact) mass is 306 g/mol. The first kappa shape index (κ1) is 15.3. The van der Waals surface area contributed by atoms with E-state index in [4.69, 9.17) is 4.74 Å².